The number of imidazole rings is 1. The van der Waals surface area contributed by atoms with Gasteiger partial charge in [0, 0.05) is 28.3 Å². The summed E-state index contributed by atoms with van der Waals surface area (Å²) in [6, 6.07) is 16.4. The number of fused-ring (bicyclic) bond motifs is 3. The molecule has 0 saturated heterocycles. The number of nitrogens with two attached hydrogens (primary N) is 1. The third-order valence-corrected chi connectivity index (χ3v) is 6.91. The second kappa shape index (κ2) is 12.9. The Hall–Kier alpha value is -2.88. The first-order chi connectivity index (χ1) is 17.6. The van der Waals surface area contributed by atoms with Crippen LogP contribution in [0.25, 0.3) is 21.9 Å². The van der Waals surface area contributed by atoms with E-state index in [1.54, 1.807) is 0 Å². The van der Waals surface area contributed by atoms with Gasteiger partial charge in [0.05, 0.1) is 5.52 Å². The van der Waals surface area contributed by atoms with Gasteiger partial charge < -0.3 is 15.9 Å². The highest BCUT2D eigenvalue weighted by molar-refractivity contribution is 14.1. The van der Waals surface area contributed by atoms with Crippen molar-refractivity contribution in [3.05, 3.63) is 63.5 Å². The standard InChI is InChI=1S/C28H34IN5O2/c1-2-3-12-24-33-26-27(22-10-4-5-11-23(22)32-28(26)30)34(24)36-19-7-6-18-31-25(35)13-8-9-20-14-16-21(29)17-15-20/h4-5,10-11,14-17H,2-3,6-9,12-13,18-19H2,1H3,(H2,30,32)(H,31,35). The van der Waals surface area contributed by atoms with E-state index in [-0.39, 0.29) is 5.91 Å². The van der Waals surface area contributed by atoms with Crippen LogP contribution >= 0.6 is 22.6 Å². The zero-order valence-corrected chi connectivity index (χ0v) is 23.0. The summed E-state index contributed by atoms with van der Waals surface area (Å²) in [5.74, 6) is 1.41. The van der Waals surface area contributed by atoms with E-state index >= 15 is 0 Å². The van der Waals surface area contributed by atoms with Gasteiger partial charge >= 0.3 is 0 Å². The Balaban J connectivity index is 1.28. The van der Waals surface area contributed by atoms with Crippen LogP contribution in [-0.2, 0) is 17.6 Å². The number of nitrogens with zero attached hydrogens (tertiary/aromatic N) is 3. The highest BCUT2D eigenvalue weighted by Gasteiger charge is 2.18. The Morgan fingerprint density at radius 2 is 1.83 bits per heavy atom. The number of pyridine rings is 1. The van der Waals surface area contributed by atoms with Crippen LogP contribution in [0.5, 0.6) is 0 Å². The van der Waals surface area contributed by atoms with Crippen molar-refractivity contribution in [2.45, 2.75) is 58.3 Å². The number of aryl methyl sites for hydroxylation is 2. The number of carbonyl (C=O) groups excluding carboxylic acids is 1. The van der Waals surface area contributed by atoms with Crippen molar-refractivity contribution >= 4 is 56.3 Å². The van der Waals surface area contributed by atoms with E-state index in [4.69, 9.17) is 15.6 Å². The average Bonchev–Trinajstić information content (AvgIpc) is 3.25. The number of para-hydroxylation sites is 1. The van der Waals surface area contributed by atoms with Crippen LogP contribution in [0, 0.1) is 3.57 Å². The monoisotopic (exact) mass is 599 g/mol. The SMILES string of the molecule is CCCCc1nc2c(N)nc3ccccc3c2n1OCCCCNC(=O)CCCc1ccc(I)cc1. The molecule has 8 heteroatoms. The van der Waals surface area contributed by atoms with Crippen LogP contribution in [0.3, 0.4) is 0 Å². The molecule has 0 fully saturated rings. The van der Waals surface area contributed by atoms with Crippen molar-refractivity contribution in [3.63, 3.8) is 0 Å². The van der Waals surface area contributed by atoms with Gasteiger partial charge in [-0.25, -0.2) is 9.97 Å². The number of hydrogen-bond acceptors (Lipinski definition) is 5. The number of unbranched alkanes of at least 4 members (excludes halogenated alkanes) is 2. The Morgan fingerprint density at radius 1 is 1.03 bits per heavy atom. The van der Waals surface area contributed by atoms with Gasteiger partial charge in [0.2, 0.25) is 5.91 Å². The van der Waals surface area contributed by atoms with Crippen LogP contribution in [-0.4, -0.2) is 33.8 Å². The molecule has 3 N–H and O–H groups in total. The van der Waals surface area contributed by atoms with E-state index in [0.717, 1.165) is 67.2 Å². The second-order valence-corrected chi connectivity index (χ2v) is 10.3. The van der Waals surface area contributed by atoms with Gasteiger partial charge in [-0.3, -0.25) is 4.79 Å². The van der Waals surface area contributed by atoms with Crippen molar-refractivity contribution in [1.82, 2.24) is 20.0 Å². The Bertz CT molecular complexity index is 1300. The highest BCUT2D eigenvalue weighted by Crippen LogP contribution is 2.28. The lowest BCUT2D eigenvalue weighted by Gasteiger charge is -2.12. The van der Waals surface area contributed by atoms with Gasteiger partial charge in [-0.1, -0.05) is 43.7 Å². The van der Waals surface area contributed by atoms with Crippen LogP contribution in [0.1, 0.15) is 56.8 Å². The molecule has 2 aromatic carbocycles. The van der Waals surface area contributed by atoms with Gasteiger partial charge in [0.1, 0.15) is 23.5 Å². The number of rotatable bonds is 13. The zero-order chi connectivity index (χ0) is 25.3. The number of carbonyl (C=O) groups is 1. The lowest BCUT2D eigenvalue weighted by atomic mass is 10.1. The van der Waals surface area contributed by atoms with Crippen molar-refractivity contribution in [2.75, 3.05) is 18.9 Å². The zero-order valence-electron chi connectivity index (χ0n) is 20.8. The smallest absolute Gasteiger partial charge is 0.220 e. The normalized spacial score (nSPS) is 11.3. The molecule has 36 heavy (non-hydrogen) atoms. The number of anilines is 1. The molecule has 0 aliphatic carbocycles. The Morgan fingerprint density at radius 3 is 2.64 bits per heavy atom. The summed E-state index contributed by atoms with van der Waals surface area (Å²) in [6.45, 7) is 3.35. The van der Waals surface area contributed by atoms with Gasteiger partial charge in [-0.2, -0.15) is 4.73 Å². The maximum absolute atomic E-state index is 12.2. The van der Waals surface area contributed by atoms with Crippen molar-refractivity contribution in [1.29, 1.82) is 0 Å². The predicted octanol–water partition coefficient (Wildman–Crippen LogP) is 5.46. The van der Waals surface area contributed by atoms with Gasteiger partial charge in [0.15, 0.2) is 5.82 Å². The van der Waals surface area contributed by atoms with E-state index in [1.807, 2.05) is 29.0 Å². The number of halogens is 1. The summed E-state index contributed by atoms with van der Waals surface area (Å²) in [5, 5.41) is 4.01. The summed E-state index contributed by atoms with van der Waals surface area (Å²) >= 11 is 2.30. The summed E-state index contributed by atoms with van der Waals surface area (Å²) in [5.41, 5.74) is 9.93. The minimum atomic E-state index is 0.110. The first-order valence-electron chi connectivity index (χ1n) is 12.8. The molecule has 0 bridgehead atoms. The molecule has 0 aliphatic rings. The summed E-state index contributed by atoms with van der Waals surface area (Å²) < 4.78 is 3.08. The van der Waals surface area contributed by atoms with Crippen molar-refractivity contribution < 1.29 is 9.63 Å². The number of nitrogens with one attached hydrogen (secondary N) is 1. The molecule has 2 heterocycles. The molecule has 1 amide bonds. The minimum Gasteiger partial charge on any atom is -0.412 e. The number of amides is 1. The van der Waals surface area contributed by atoms with Gasteiger partial charge in [0.25, 0.3) is 0 Å². The van der Waals surface area contributed by atoms with Crippen LogP contribution in [0.2, 0.25) is 0 Å². The second-order valence-electron chi connectivity index (χ2n) is 9.01. The molecule has 0 radical (unpaired) electrons. The minimum absolute atomic E-state index is 0.110. The third-order valence-electron chi connectivity index (χ3n) is 6.20. The molecular weight excluding hydrogens is 565 g/mol. The first-order valence-corrected chi connectivity index (χ1v) is 13.8. The molecule has 0 spiro atoms. The van der Waals surface area contributed by atoms with E-state index in [1.165, 1.54) is 9.13 Å². The molecule has 4 rings (SSSR count). The van der Waals surface area contributed by atoms with Crippen LogP contribution in [0.4, 0.5) is 5.82 Å². The number of benzene rings is 2. The molecule has 7 nitrogen and oxygen atoms in total. The fourth-order valence-electron chi connectivity index (χ4n) is 4.26. The largest absolute Gasteiger partial charge is 0.412 e. The highest BCUT2D eigenvalue weighted by atomic mass is 127. The fraction of sp³-hybridized carbons (Fsp3) is 0.393. The molecular formula is C28H34IN5O2. The lowest BCUT2D eigenvalue weighted by Crippen LogP contribution is -2.25. The molecule has 0 saturated carbocycles. The van der Waals surface area contributed by atoms with E-state index in [2.05, 4.69) is 64.1 Å². The summed E-state index contributed by atoms with van der Waals surface area (Å²) in [7, 11) is 0. The molecule has 0 atom stereocenters. The van der Waals surface area contributed by atoms with E-state index < -0.39 is 0 Å². The van der Waals surface area contributed by atoms with E-state index in [9.17, 15) is 4.79 Å². The van der Waals surface area contributed by atoms with Crippen LogP contribution < -0.4 is 15.9 Å². The summed E-state index contributed by atoms with van der Waals surface area (Å²) in [6.07, 6.45) is 6.92. The van der Waals surface area contributed by atoms with Gasteiger partial charge in [-0.05, 0) is 78.5 Å². The third kappa shape index (κ3) is 6.66. The molecule has 2 aromatic heterocycles. The topological polar surface area (TPSA) is 95.1 Å². The number of aromatic nitrogens is 3. The molecule has 0 unspecified atom stereocenters. The molecule has 0 aliphatic heterocycles. The van der Waals surface area contributed by atoms with Crippen LogP contribution in [0.15, 0.2) is 48.5 Å². The fourth-order valence-corrected chi connectivity index (χ4v) is 4.62. The first kappa shape index (κ1) is 26.2. The quantitative estimate of drug-likeness (QED) is 0.157. The molecule has 4 aromatic rings. The van der Waals surface area contributed by atoms with E-state index in [0.29, 0.717) is 30.9 Å². The number of nitrogen functional groups attached to an aromatic ring is 1. The van der Waals surface area contributed by atoms with Crippen molar-refractivity contribution in [2.24, 2.45) is 0 Å². The maximum atomic E-state index is 12.2. The average molecular weight is 600 g/mol. The summed E-state index contributed by atoms with van der Waals surface area (Å²) in [4.78, 5) is 27.7. The Kier molecular flexibility index (Phi) is 9.38. The predicted molar refractivity (Wildman–Crippen MR) is 154 cm³/mol. The van der Waals surface area contributed by atoms with Gasteiger partial charge in [-0.15, -0.1) is 0 Å². The lowest BCUT2D eigenvalue weighted by molar-refractivity contribution is -0.121. The van der Waals surface area contributed by atoms with Crippen molar-refractivity contribution in [3.8, 4) is 0 Å². The maximum Gasteiger partial charge on any atom is 0.220 e. The number of hydrogen-bond donors (Lipinski definition) is 2. The Labute approximate surface area is 225 Å². The molecule has 190 valence electrons.